The lowest BCUT2D eigenvalue weighted by atomic mass is 10.1. The summed E-state index contributed by atoms with van der Waals surface area (Å²) >= 11 is 5.33. The molecule has 0 radical (unpaired) electrons. The molecule has 1 fully saturated rings. The second-order valence-corrected chi connectivity index (χ2v) is 5.80. The minimum atomic E-state index is 0.836. The topological polar surface area (TPSA) is 3.24 Å². The first-order valence-electron chi connectivity index (χ1n) is 5.71. The Bertz CT molecular complexity index is 273. The van der Waals surface area contributed by atoms with Crippen LogP contribution >= 0.6 is 27.3 Å². The number of thiophene rings is 1. The summed E-state index contributed by atoms with van der Waals surface area (Å²) in [4.78, 5) is 2.66. The maximum atomic E-state index is 3.52. The molecule has 1 saturated heterocycles. The number of hydrogen-bond donors (Lipinski definition) is 0. The van der Waals surface area contributed by atoms with E-state index in [1.807, 2.05) is 11.3 Å². The fourth-order valence-corrected chi connectivity index (χ4v) is 3.34. The van der Waals surface area contributed by atoms with Crippen molar-refractivity contribution in [2.75, 3.05) is 11.9 Å². The molecule has 0 bridgehead atoms. The number of likely N-dealkylation sites (tertiary alicyclic amines) is 1. The molecule has 3 heteroatoms. The Hall–Kier alpha value is 0.140. The summed E-state index contributed by atoms with van der Waals surface area (Å²) in [6.07, 6.45) is 5.45. The van der Waals surface area contributed by atoms with Crippen LogP contribution in [0.5, 0.6) is 0 Å². The van der Waals surface area contributed by atoms with Crippen molar-refractivity contribution in [3.63, 3.8) is 0 Å². The lowest BCUT2D eigenvalue weighted by Gasteiger charge is -2.23. The second-order valence-electron chi connectivity index (χ2n) is 4.23. The number of rotatable bonds is 5. The smallest absolute Gasteiger partial charge is 0.0244 e. The normalized spacial score (nSPS) is 22.3. The van der Waals surface area contributed by atoms with Crippen LogP contribution in [0.4, 0.5) is 0 Å². The summed E-state index contributed by atoms with van der Waals surface area (Å²) in [5.41, 5.74) is 1.49. The van der Waals surface area contributed by atoms with Gasteiger partial charge in [-0.3, -0.25) is 4.90 Å². The minimum Gasteiger partial charge on any atom is -0.296 e. The maximum Gasteiger partial charge on any atom is 0.0244 e. The van der Waals surface area contributed by atoms with Gasteiger partial charge >= 0.3 is 0 Å². The summed E-state index contributed by atoms with van der Waals surface area (Å²) in [5.74, 6) is 0. The molecule has 1 aliphatic rings. The van der Waals surface area contributed by atoms with Gasteiger partial charge in [0.25, 0.3) is 0 Å². The number of alkyl halides is 1. The molecule has 1 nitrogen and oxygen atoms in total. The Kier molecular flexibility index (Phi) is 4.66. The van der Waals surface area contributed by atoms with Crippen LogP contribution in [0.15, 0.2) is 16.8 Å². The third-order valence-electron chi connectivity index (χ3n) is 3.14. The molecule has 1 aliphatic heterocycles. The van der Waals surface area contributed by atoms with Gasteiger partial charge in [-0.1, -0.05) is 15.9 Å². The zero-order valence-electron chi connectivity index (χ0n) is 8.99. The summed E-state index contributed by atoms with van der Waals surface area (Å²) < 4.78 is 0. The lowest BCUT2D eigenvalue weighted by Crippen LogP contribution is -2.28. The van der Waals surface area contributed by atoms with E-state index in [-0.39, 0.29) is 0 Å². The maximum absolute atomic E-state index is 3.52. The second kappa shape index (κ2) is 6.02. The molecule has 2 heterocycles. The predicted molar refractivity (Wildman–Crippen MR) is 70.8 cm³/mol. The largest absolute Gasteiger partial charge is 0.296 e. The Morgan fingerprint density at radius 2 is 2.47 bits per heavy atom. The molecule has 1 aromatic heterocycles. The molecule has 0 spiro atoms. The van der Waals surface area contributed by atoms with E-state index < -0.39 is 0 Å². The summed E-state index contributed by atoms with van der Waals surface area (Å²) in [6.45, 7) is 2.46. The summed E-state index contributed by atoms with van der Waals surface area (Å²) in [5, 5.41) is 5.61. The van der Waals surface area contributed by atoms with Crippen LogP contribution in [0.2, 0.25) is 0 Å². The third-order valence-corrected chi connectivity index (χ3v) is 4.43. The third kappa shape index (κ3) is 3.30. The van der Waals surface area contributed by atoms with E-state index in [0.29, 0.717) is 0 Å². The van der Waals surface area contributed by atoms with Crippen molar-refractivity contribution in [1.82, 2.24) is 4.90 Å². The van der Waals surface area contributed by atoms with Gasteiger partial charge in [0.2, 0.25) is 0 Å². The van der Waals surface area contributed by atoms with Gasteiger partial charge in [0.15, 0.2) is 0 Å². The molecule has 1 aromatic rings. The van der Waals surface area contributed by atoms with Crippen molar-refractivity contribution in [2.45, 2.75) is 38.3 Å². The first-order chi connectivity index (χ1) is 7.40. The molecule has 1 unspecified atom stereocenters. The van der Waals surface area contributed by atoms with Crippen molar-refractivity contribution in [3.8, 4) is 0 Å². The number of hydrogen-bond acceptors (Lipinski definition) is 2. The highest BCUT2D eigenvalue weighted by molar-refractivity contribution is 9.09. The molecule has 0 aliphatic carbocycles. The molecule has 1 atom stereocenters. The fraction of sp³-hybridized carbons (Fsp3) is 0.667. The Morgan fingerprint density at radius 1 is 1.53 bits per heavy atom. The monoisotopic (exact) mass is 287 g/mol. The van der Waals surface area contributed by atoms with Crippen molar-refractivity contribution >= 4 is 27.3 Å². The Morgan fingerprint density at radius 3 is 3.20 bits per heavy atom. The van der Waals surface area contributed by atoms with Crippen LogP contribution in [-0.2, 0) is 6.54 Å². The highest BCUT2D eigenvalue weighted by Gasteiger charge is 2.23. The van der Waals surface area contributed by atoms with Crippen LogP contribution in [0, 0.1) is 0 Å². The Labute approximate surface area is 105 Å². The SMILES string of the molecule is BrCCCC1CCCN1Cc1ccsc1. The van der Waals surface area contributed by atoms with E-state index in [2.05, 4.69) is 37.7 Å². The van der Waals surface area contributed by atoms with Gasteiger partial charge in [-0.25, -0.2) is 0 Å². The van der Waals surface area contributed by atoms with Gasteiger partial charge in [0, 0.05) is 17.9 Å². The van der Waals surface area contributed by atoms with Crippen LogP contribution < -0.4 is 0 Å². The van der Waals surface area contributed by atoms with Gasteiger partial charge < -0.3 is 0 Å². The molecular weight excluding hydrogens is 270 g/mol. The van der Waals surface area contributed by atoms with Gasteiger partial charge in [0.05, 0.1) is 0 Å². The molecular formula is C12H18BrNS. The molecule has 15 heavy (non-hydrogen) atoms. The number of nitrogens with zero attached hydrogens (tertiary/aromatic N) is 1. The van der Waals surface area contributed by atoms with Gasteiger partial charge in [-0.2, -0.15) is 11.3 Å². The van der Waals surface area contributed by atoms with E-state index in [1.165, 1.54) is 37.8 Å². The van der Waals surface area contributed by atoms with Crippen molar-refractivity contribution in [2.24, 2.45) is 0 Å². The summed E-state index contributed by atoms with van der Waals surface area (Å²) in [7, 11) is 0. The lowest BCUT2D eigenvalue weighted by molar-refractivity contribution is 0.234. The molecule has 0 amide bonds. The van der Waals surface area contributed by atoms with Crippen molar-refractivity contribution < 1.29 is 0 Å². The van der Waals surface area contributed by atoms with E-state index >= 15 is 0 Å². The van der Waals surface area contributed by atoms with Crippen LogP contribution in [-0.4, -0.2) is 22.8 Å². The van der Waals surface area contributed by atoms with Crippen LogP contribution in [0.3, 0.4) is 0 Å². The highest BCUT2D eigenvalue weighted by Crippen LogP contribution is 2.24. The predicted octanol–water partition coefficient (Wildman–Crippen LogP) is 3.89. The zero-order chi connectivity index (χ0) is 10.5. The van der Waals surface area contributed by atoms with E-state index in [1.54, 1.807) is 0 Å². The quantitative estimate of drug-likeness (QED) is 0.743. The van der Waals surface area contributed by atoms with Crippen LogP contribution in [0.25, 0.3) is 0 Å². The Balaban J connectivity index is 1.85. The fourth-order valence-electron chi connectivity index (χ4n) is 2.36. The van der Waals surface area contributed by atoms with Gasteiger partial charge in [-0.15, -0.1) is 0 Å². The van der Waals surface area contributed by atoms with Gasteiger partial charge in [0.1, 0.15) is 0 Å². The highest BCUT2D eigenvalue weighted by atomic mass is 79.9. The van der Waals surface area contributed by atoms with Gasteiger partial charge in [-0.05, 0) is 54.6 Å². The van der Waals surface area contributed by atoms with E-state index in [0.717, 1.165) is 17.9 Å². The molecule has 0 N–H and O–H groups in total. The van der Waals surface area contributed by atoms with Crippen LogP contribution in [0.1, 0.15) is 31.2 Å². The standard InChI is InChI=1S/C12H18BrNS/c13-6-1-3-12-4-2-7-14(12)9-11-5-8-15-10-11/h5,8,10,12H,1-4,6-7,9H2. The molecule has 2 rings (SSSR count). The van der Waals surface area contributed by atoms with E-state index in [4.69, 9.17) is 0 Å². The van der Waals surface area contributed by atoms with E-state index in [9.17, 15) is 0 Å². The summed E-state index contributed by atoms with van der Waals surface area (Å²) in [6, 6.07) is 3.09. The zero-order valence-corrected chi connectivity index (χ0v) is 11.4. The average Bonchev–Trinajstić information content (AvgIpc) is 2.87. The molecule has 0 aromatic carbocycles. The van der Waals surface area contributed by atoms with Crippen molar-refractivity contribution in [3.05, 3.63) is 22.4 Å². The molecule has 0 saturated carbocycles. The van der Waals surface area contributed by atoms with Crippen molar-refractivity contribution in [1.29, 1.82) is 0 Å². The molecule has 84 valence electrons. The number of halogens is 1. The minimum absolute atomic E-state index is 0.836. The first-order valence-corrected chi connectivity index (χ1v) is 7.77. The first kappa shape index (κ1) is 11.6. The average molecular weight is 288 g/mol.